The topological polar surface area (TPSA) is 35.2 Å². The number of hydrogen-bond acceptors (Lipinski definition) is 2. The Hall–Kier alpha value is -1.19. The van der Waals surface area contributed by atoms with E-state index in [1.54, 1.807) is 24.3 Å². The highest BCUT2D eigenvalue weighted by molar-refractivity contribution is 9.10. The maximum Gasteiger partial charge on any atom is 0.146 e. The minimum absolute atomic E-state index is 0.553. The molecule has 16 heavy (non-hydrogen) atoms. The second-order valence-electron chi connectivity index (χ2n) is 3.25. The molecule has 82 valence electrons. The molecule has 0 saturated carbocycles. The molecule has 2 rings (SSSR count). The molecule has 0 aliphatic carbocycles. The molecule has 0 saturated heterocycles. The van der Waals surface area contributed by atoms with Crippen molar-refractivity contribution in [3.05, 3.63) is 52.0 Å². The molecular weight excluding hydrogens is 289 g/mol. The van der Waals surface area contributed by atoms with Crippen LogP contribution in [-0.4, -0.2) is 0 Å². The van der Waals surface area contributed by atoms with E-state index in [2.05, 4.69) is 15.9 Å². The number of ether oxygens (including phenoxy) is 1. The third kappa shape index (κ3) is 2.68. The maximum absolute atomic E-state index is 6.03. The van der Waals surface area contributed by atoms with Crippen LogP contribution in [0.25, 0.3) is 0 Å². The summed E-state index contributed by atoms with van der Waals surface area (Å²) in [4.78, 5) is 0. The average molecular weight is 299 g/mol. The van der Waals surface area contributed by atoms with Crippen molar-refractivity contribution in [2.45, 2.75) is 0 Å². The van der Waals surface area contributed by atoms with Crippen LogP contribution in [0.5, 0.6) is 11.5 Å². The zero-order chi connectivity index (χ0) is 11.5. The average Bonchev–Trinajstić information content (AvgIpc) is 2.22. The highest BCUT2D eigenvalue weighted by Crippen LogP contribution is 2.32. The van der Waals surface area contributed by atoms with E-state index in [0.717, 1.165) is 4.47 Å². The summed E-state index contributed by atoms with van der Waals surface area (Å²) in [6, 6.07) is 12.7. The van der Waals surface area contributed by atoms with E-state index in [4.69, 9.17) is 22.1 Å². The third-order valence-electron chi connectivity index (χ3n) is 1.98. The second-order valence-corrected chi connectivity index (χ2v) is 4.57. The fraction of sp³-hybridized carbons (Fsp3) is 0. The summed E-state index contributed by atoms with van der Waals surface area (Å²) >= 11 is 9.37. The minimum Gasteiger partial charge on any atom is -0.456 e. The Kier molecular flexibility index (Phi) is 3.36. The molecule has 2 aromatic rings. The van der Waals surface area contributed by atoms with Crippen LogP contribution in [0, 0.1) is 0 Å². The Bertz CT molecular complexity index is 516. The molecule has 4 heteroatoms. The molecule has 0 heterocycles. The first-order valence-electron chi connectivity index (χ1n) is 4.63. The predicted octanol–water partition coefficient (Wildman–Crippen LogP) is 4.48. The summed E-state index contributed by atoms with van der Waals surface area (Å²) in [5.74, 6) is 1.28. The molecule has 0 aliphatic rings. The number of hydrogen-bond donors (Lipinski definition) is 1. The zero-order valence-corrected chi connectivity index (χ0v) is 10.6. The molecule has 2 N–H and O–H groups in total. The van der Waals surface area contributed by atoms with Gasteiger partial charge < -0.3 is 10.5 Å². The SMILES string of the molecule is Nc1cccc(Oc2ccc(Br)cc2Cl)c1. The standard InChI is InChI=1S/C12H9BrClNO/c13-8-4-5-12(11(14)6-8)16-10-3-1-2-9(15)7-10/h1-7H,15H2. The highest BCUT2D eigenvalue weighted by atomic mass is 79.9. The van der Waals surface area contributed by atoms with Gasteiger partial charge in [-0.05, 0) is 30.3 Å². The molecule has 0 fully saturated rings. The lowest BCUT2D eigenvalue weighted by molar-refractivity contribution is 0.483. The van der Waals surface area contributed by atoms with E-state index >= 15 is 0 Å². The van der Waals surface area contributed by atoms with Gasteiger partial charge in [0.25, 0.3) is 0 Å². The van der Waals surface area contributed by atoms with Crippen molar-refractivity contribution in [3.63, 3.8) is 0 Å². The fourth-order valence-electron chi connectivity index (χ4n) is 1.26. The van der Waals surface area contributed by atoms with Gasteiger partial charge in [0.05, 0.1) is 5.02 Å². The van der Waals surface area contributed by atoms with E-state index in [9.17, 15) is 0 Å². The van der Waals surface area contributed by atoms with Gasteiger partial charge in [-0.3, -0.25) is 0 Å². The van der Waals surface area contributed by atoms with Crippen molar-refractivity contribution in [2.24, 2.45) is 0 Å². The van der Waals surface area contributed by atoms with Gasteiger partial charge in [0.2, 0.25) is 0 Å². The van der Waals surface area contributed by atoms with Gasteiger partial charge >= 0.3 is 0 Å². The Balaban J connectivity index is 2.27. The molecule has 0 aliphatic heterocycles. The van der Waals surface area contributed by atoms with Crippen LogP contribution in [0.15, 0.2) is 46.9 Å². The normalized spacial score (nSPS) is 10.1. The first-order chi connectivity index (χ1) is 7.65. The predicted molar refractivity (Wildman–Crippen MR) is 70.1 cm³/mol. The molecule has 0 atom stereocenters. The number of anilines is 1. The first kappa shape index (κ1) is 11.3. The van der Waals surface area contributed by atoms with Crippen LogP contribution in [-0.2, 0) is 0 Å². The summed E-state index contributed by atoms with van der Waals surface area (Å²) in [5, 5.41) is 0.553. The van der Waals surface area contributed by atoms with Crippen molar-refractivity contribution in [2.75, 3.05) is 5.73 Å². The lowest BCUT2D eigenvalue weighted by atomic mass is 10.3. The van der Waals surface area contributed by atoms with Crippen molar-refractivity contribution in [1.29, 1.82) is 0 Å². The molecule has 2 aromatic carbocycles. The summed E-state index contributed by atoms with van der Waals surface area (Å²) in [6.07, 6.45) is 0. The minimum atomic E-state index is 0.553. The zero-order valence-electron chi connectivity index (χ0n) is 8.28. The lowest BCUT2D eigenvalue weighted by Gasteiger charge is -2.08. The van der Waals surface area contributed by atoms with Gasteiger partial charge in [-0.25, -0.2) is 0 Å². The fourth-order valence-corrected chi connectivity index (χ4v) is 1.97. The smallest absolute Gasteiger partial charge is 0.146 e. The van der Waals surface area contributed by atoms with Crippen LogP contribution in [0.4, 0.5) is 5.69 Å². The van der Waals surface area contributed by atoms with Crippen LogP contribution < -0.4 is 10.5 Å². The molecule has 0 amide bonds. The Morgan fingerprint density at radius 1 is 1.12 bits per heavy atom. The van der Waals surface area contributed by atoms with E-state index in [1.165, 1.54) is 0 Å². The summed E-state index contributed by atoms with van der Waals surface area (Å²) in [5.41, 5.74) is 6.31. The Labute approximate surface area is 107 Å². The van der Waals surface area contributed by atoms with Crippen LogP contribution in [0.1, 0.15) is 0 Å². The van der Waals surface area contributed by atoms with Gasteiger partial charge in [-0.15, -0.1) is 0 Å². The van der Waals surface area contributed by atoms with Gasteiger partial charge in [0.1, 0.15) is 11.5 Å². The number of rotatable bonds is 2. The first-order valence-corrected chi connectivity index (χ1v) is 5.81. The Morgan fingerprint density at radius 3 is 2.62 bits per heavy atom. The summed E-state index contributed by atoms with van der Waals surface area (Å²) < 4.78 is 6.53. The van der Waals surface area contributed by atoms with Crippen LogP contribution >= 0.6 is 27.5 Å². The third-order valence-corrected chi connectivity index (χ3v) is 2.77. The van der Waals surface area contributed by atoms with Crippen LogP contribution in [0.2, 0.25) is 5.02 Å². The molecular formula is C12H9BrClNO. The lowest BCUT2D eigenvalue weighted by Crippen LogP contribution is -1.88. The van der Waals surface area contributed by atoms with Gasteiger partial charge in [-0.2, -0.15) is 0 Å². The van der Waals surface area contributed by atoms with Crippen molar-refractivity contribution in [3.8, 4) is 11.5 Å². The summed E-state index contributed by atoms with van der Waals surface area (Å²) in [7, 11) is 0. The summed E-state index contributed by atoms with van der Waals surface area (Å²) in [6.45, 7) is 0. The van der Waals surface area contributed by atoms with Crippen molar-refractivity contribution < 1.29 is 4.74 Å². The molecule has 0 spiro atoms. The number of nitrogen functional groups attached to an aromatic ring is 1. The molecule has 0 bridgehead atoms. The van der Waals surface area contributed by atoms with E-state index in [1.807, 2.05) is 18.2 Å². The largest absolute Gasteiger partial charge is 0.456 e. The molecule has 0 radical (unpaired) electrons. The number of nitrogens with two attached hydrogens (primary N) is 1. The van der Waals surface area contributed by atoms with Gasteiger partial charge in [0.15, 0.2) is 0 Å². The monoisotopic (exact) mass is 297 g/mol. The van der Waals surface area contributed by atoms with E-state index < -0.39 is 0 Å². The molecule has 0 aromatic heterocycles. The van der Waals surface area contributed by atoms with Gasteiger partial charge in [0, 0.05) is 16.2 Å². The molecule has 2 nitrogen and oxygen atoms in total. The quantitative estimate of drug-likeness (QED) is 0.830. The van der Waals surface area contributed by atoms with Crippen molar-refractivity contribution in [1.82, 2.24) is 0 Å². The second kappa shape index (κ2) is 4.76. The van der Waals surface area contributed by atoms with Crippen molar-refractivity contribution >= 4 is 33.2 Å². The van der Waals surface area contributed by atoms with Crippen LogP contribution in [0.3, 0.4) is 0 Å². The highest BCUT2D eigenvalue weighted by Gasteiger charge is 2.03. The van der Waals surface area contributed by atoms with Gasteiger partial charge in [-0.1, -0.05) is 33.6 Å². The number of benzene rings is 2. The Morgan fingerprint density at radius 2 is 1.94 bits per heavy atom. The molecule has 0 unspecified atom stereocenters. The van der Waals surface area contributed by atoms with E-state index in [-0.39, 0.29) is 0 Å². The van der Waals surface area contributed by atoms with E-state index in [0.29, 0.717) is 22.2 Å². The number of halogens is 2. The maximum atomic E-state index is 6.03.